The molecular weight excluding hydrogens is 366 g/mol. The normalized spacial score (nSPS) is 20.0. The molecule has 1 unspecified atom stereocenters. The fraction of sp³-hybridized carbons (Fsp3) is 0.250. The van der Waals surface area contributed by atoms with Gasteiger partial charge < -0.3 is 4.90 Å². The van der Waals surface area contributed by atoms with Gasteiger partial charge in [-0.05, 0) is 40.8 Å². The van der Waals surface area contributed by atoms with Gasteiger partial charge in [0.05, 0.1) is 11.0 Å². The van der Waals surface area contributed by atoms with E-state index in [-0.39, 0.29) is 18.2 Å². The number of benzene rings is 2. The molecule has 1 atom stereocenters. The number of carbonyl (C=O) groups is 1. The summed E-state index contributed by atoms with van der Waals surface area (Å²) in [6.45, 7) is 0.698. The summed E-state index contributed by atoms with van der Waals surface area (Å²) in [5, 5.41) is 3.49. The van der Waals surface area contributed by atoms with Crippen molar-refractivity contribution in [2.24, 2.45) is 0 Å². The van der Waals surface area contributed by atoms with Crippen molar-refractivity contribution >= 4 is 37.9 Å². The van der Waals surface area contributed by atoms with Gasteiger partial charge in [-0.1, -0.05) is 36.4 Å². The first-order valence-electron chi connectivity index (χ1n) is 8.58. The van der Waals surface area contributed by atoms with Crippen molar-refractivity contribution in [3.05, 3.63) is 70.4 Å². The molecule has 1 aliphatic heterocycles. The second-order valence-corrected chi connectivity index (χ2v) is 9.80. The van der Waals surface area contributed by atoms with E-state index in [4.69, 9.17) is 0 Å². The molecule has 1 aromatic heterocycles. The summed E-state index contributed by atoms with van der Waals surface area (Å²) in [6.07, 6.45) is 0.447. The zero-order valence-corrected chi connectivity index (χ0v) is 15.8. The molecule has 2 heterocycles. The minimum absolute atomic E-state index is 0.00882. The summed E-state index contributed by atoms with van der Waals surface area (Å²) >= 11 is 1.47. The van der Waals surface area contributed by atoms with Crippen LogP contribution in [0.2, 0.25) is 0 Å². The van der Waals surface area contributed by atoms with Crippen molar-refractivity contribution in [3.8, 4) is 0 Å². The molecule has 3 aromatic rings. The maximum Gasteiger partial charge on any atom is 0.253 e. The Labute approximate surface area is 157 Å². The molecule has 0 radical (unpaired) electrons. The van der Waals surface area contributed by atoms with E-state index in [1.165, 1.54) is 11.3 Å². The van der Waals surface area contributed by atoms with Crippen molar-refractivity contribution in [1.82, 2.24) is 4.90 Å². The molecule has 1 amide bonds. The minimum Gasteiger partial charge on any atom is -0.338 e. The van der Waals surface area contributed by atoms with Crippen molar-refractivity contribution in [1.29, 1.82) is 0 Å². The van der Waals surface area contributed by atoms with Crippen LogP contribution in [0.3, 0.4) is 0 Å². The van der Waals surface area contributed by atoms with Gasteiger partial charge in [0.1, 0.15) is 0 Å². The Balaban J connectivity index is 1.59. The van der Waals surface area contributed by atoms with Gasteiger partial charge in [0.15, 0.2) is 9.84 Å². The van der Waals surface area contributed by atoms with Gasteiger partial charge in [-0.3, -0.25) is 4.79 Å². The van der Waals surface area contributed by atoms with Crippen LogP contribution < -0.4 is 0 Å². The number of amides is 1. The summed E-state index contributed by atoms with van der Waals surface area (Å²) in [6, 6.07) is 17.3. The molecule has 26 heavy (non-hydrogen) atoms. The number of thiophene rings is 1. The third-order valence-electron chi connectivity index (χ3n) is 4.88. The van der Waals surface area contributed by atoms with Gasteiger partial charge in [0.2, 0.25) is 0 Å². The first-order chi connectivity index (χ1) is 12.5. The van der Waals surface area contributed by atoms with E-state index in [1.807, 2.05) is 60.0 Å². The van der Waals surface area contributed by atoms with Gasteiger partial charge in [-0.15, -0.1) is 11.3 Å². The minimum atomic E-state index is -3.25. The van der Waals surface area contributed by atoms with E-state index in [2.05, 4.69) is 0 Å². The number of carbonyl (C=O) groups excluding carboxylic acids is 1. The third-order valence-corrected chi connectivity index (χ3v) is 8.13. The van der Waals surface area contributed by atoms with Crippen LogP contribution in [-0.2, 0) is 9.84 Å². The second-order valence-electron chi connectivity index (χ2n) is 6.51. The molecular formula is C20H19NO3S2. The molecule has 0 saturated carbocycles. The highest BCUT2D eigenvalue weighted by molar-refractivity contribution is 7.91. The molecule has 134 valence electrons. The van der Waals surface area contributed by atoms with Crippen molar-refractivity contribution in [2.45, 2.75) is 11.7 Å². The summed E-state index contributed by atoms with van der Waals surface area (Å²) in [5.41, 5.74) is 0.607. The molecule has 0 spiro atoms. The zero-order chi connectivity index (χ0) is 18.1. The maximum atomic E-state index is 12.9. The average Bonchev–Trinajstić information content (AvgIpc) is 3.12. The number of sulfone groups is 1. The topological polar surface area (TPSA) is 54.5 Å². The summed E-state index contributed by atoms with van der Waals surface area (Å²) < 4.78 is 25.3. The van der Waals surface area contributed by atoms with Crippen LogP contribution in [0.25, 0.3) is 10.8 Å². The summed E-state index contributed by atoms with van der Waals surface area (Å²) in [7, 11) is -3.25. The number of fused-ring (bicyclic) bond motifs is 1. The van der Waals surface area contributed by atoms with Crippen LogP contribution in [0.4, 0.5) is 0 Å². The lowest BCUT2D eigenvalue weighted by molar-refractivity contribution is 0.0767. The van der Waals surface area contributed by atoms with Gasteiger partial charge in [0, 0.05) is 23.5 Å². The molecule has 0 N–H and O–H groups in total. The fourth-order valence-electron chi connectivity index (χ4n) is 3.45. The molecule has 6 heteroatoms. The fourth-order valence-corrected chi connectivity index (χ4v) is 6.45. The smallest absolute Gasteiger partial charge is 0.253 e. The SMILES string of the molecule is O=C(c1ccc2ccccc2c1)N1CCC(c2cccs2)S(=O)(=O)CC1. The third kappa shape index (κ3) is 3.27. The van der Waals surface area contributed by atoms with Gasteiger partial charge in [0.25, 0.3) is 5.91 Å². The molecule has 4 nitrogen and oxygen atoms in total. The van der Waals surface area contributed by atoms with Gasteiger partial charge >= 0.3 is 0 Å². The number of hydrogen-bond donors (Lipinski definition) is 0. The number of rotatable bonds is 2. The summed E-state index contributed by atoms with van der Waals surface area (Å²) in [4.78, 5) is 15.5. The Morgan fingerprint density at radius 3 is 2.58 bits per heavy atom. The standard InChI is InChI=1S/C20H19NO3S2/c22-20(17-8-7-15-4-1-2-5-16(15)14-17)21-10-9-19(18-6-3-12-25-18)26(23,24)13-11-21/h1-8,12,14,19H,9-11,13H2. The first-order valence-corrected chi connectivity index (χ1v) is 11.2. The Morgan fingerprint density at radius 1 is 1.00 bits per heavy atom. The Morgan fingerprint density at radius 2 is 1.81 bits per heavy atom. The Hall–Kier alpha value is -2.18. The van der Waals surface area contributed by atoms with E-state index in [1.54, 1.807) is 4.90 Å². The first kappa shape index (κ1) is 17.2. The van der Waals surface area contributed by atoms with Crippen LogP contribution >= 0.6 is 11.3 Å². The Kier molecular flexibility index (Phi) is 4.54. The van der Waals surface area contributed by atoms with Crippen molar-refractivity contribution in [3.63, 3.8) is 0 Å². The highest BCUT2D eigenvalue weighted by Crippen LogP contribution is 2.32. The molecule has 0 aliphatic carbocycles. The van der Waals surface area contributed by atoms with Gasteiger partial charge in [-0.25, -0.2) is 8.42 Å². The lowest BCUT2D eigenvalue weighted by Gasteiger charge is -2.20. The van der Waals surface area contributed by atoms with Gasteiger partial charge in [-0.2, -0.15) is 0 Å². The summed E-state index contributed by atoms with van der Waals surface area (Å²) in [5.74, 6) is -0.0905. The quantitative estimate of drug-likeness (QED) is 0.672. The predicted molar refractivity (Wildman–Crippen MR) is 105 cm³/mol. The van der Waals surface area contributed by atoms with E-state index < -0.39 is 15.1 Å². The monoisotopic (exact) mass is 385 g/mol. The van der Waals surface area contributed by atoms with Crippen LogP contribution in [-0.4, -0.2) is 38.1 Å². The molecule has 2 aromatic carbocycles. The molecule has 1 aliphatic rings. The van der Waals surface area contributed by atoms with Crippen molar-refractivity contribution < 1.29 is 13.2 Å². The lowest BCUT2D eigenvalue weighted by atomic mass is 10.1. The molecule has 1 fully saturated rings. The number of nitrogens with zero attached hydrogens (tertiary/aromatic N) is 1. The highest BCUT2D eigenvalue weighted by atomic mass is 32.2. The largest absolute Gasteiger partial charge is 0.338 e. The van der Waals surface area contributed by atoms with Crippen LogP contribution in [0, 0.1) is 0 Å². The molecule has 1 saturated heterocycles. The average molecular weight is 386 g/mol. The number of hydrogen-bond acceptors (Lipinski definition) is 4. The van der Waals surface area contributed by atoms with Crippen LogP contribution in [0.5, 0.6) is 0 Å². The predicted octanol–water partition coefficient (Wildman–Crippen LogP) is 3.90. The van der Waals surface area contributed by atoms with E-state index in [0.29, 0.717) is 18.5 Å². The zero-order valence-electron chi connectivity index (χ0n) is 14.2. The Bertz CT molecular complexity index is 1040. The molecule has 4 rings (SSSR count). The van der Waals surface area contributed by atoms with Crippen LogP contribution in [0.1, 0.15) is 26.9 Å². The van der Waals surface area contributed by atoms with Crippen molar-refractivity contribution in [2.75, 3.05) is 18.8 Å². The second kappa shape index (κ2) is 6.85. The van der Waals surface area contributed by atoms with E-state index in [0.717, 1.165) is 15.6 Å². The maximum absolute atomic E-state index is 12.9. The lowest BCUT2D eigenvalue weighted by Crippen LogP contribution is -2.33. The van der Waals surface area contributed by atoms with E-state index in [9.17, 15) is 13.2 Å². The highest BCUT2D eigenvalue weighted by Gasteiger charge is 2.33. The van der Waals surface area contributed by atoms with Crippen LogP contribution in [0.15, 0.2) is 60.0 Å². The van der Waals surface area contributed by atoms with E-state index >= 15 is 0 Å². The molecule has 0 bridgehead atoms.